The molecule has 0 radical (unpaired) electrons. The van der Waals surface area contributed by atoms with Gasteiger partial charge in [-0.05, 0) is 19.8 Å². The first-order chi connectivity index (χ1) is 13.7. The SMILES string of the molecule is C[C@H]1O[C@@H](n2cc(F)c(NC(=O)CCCCCCC(=O)CO)nc2=O)[C@H](O)[C@@H]1O. The van der Waals surface area contributed by atoms with Gasteiger partial charge in [-0.25, -0.2) is 9.18 Å². The van der Waals surface area contributed by atoms with Crippen molar-refractivity contribution in [1.82, 2.24) is 9.55 Å². The molecule has 1 aliphatic heterocycles. The molecule has 29 heavy (non-hydrogen) atoms. The number of hydrogen-bond acceptors (Lipinski definition) is 8. The van der Waals surface area contributed by atoms with Crippen molar-refractivity contribution in [3.8, 4) is 0 Å². The van der Waals surface area contributed by atoms with Gasteiger partial charge in [-0.15, -0.1) is 0 Å². The number of ether oxygens (including phenoxy) is 1. The Balaban J connectivity index is 1.87. The maximum Gasteiger partial charge on any atom is 0.351 e. The number of aromatic nitrogens is 2. The van der Waals surface area contributed by atoms with E-state index in [1.807, 2.05) is 0 Å². The lowest BCUT2D eigenvalue weighted by atomic mass is 10.1. The third-order valence-electron chi connectivity index (χ3n) is 4.70. The number of nitrogens with zero attached hydrogens (tertiary/aromatic N) is 2. The maximum atomic E-state index is 14.3. The summed E-state index contributed by atoms with van der Waals surface area (Å²) in [6.45, 7) is 1.03. The largest absolute Gasteiger partial charge is 0.389 e. The van der Waals surface area contributed by atoms with Crippen molar-refractivity contribution in [2.45, 2.75) is 70.0 Å². The molecule has 4 N–H and O–H groups in total. The van der Waals surface area contributed by atoms with E-state index in [1.54, 1.807) is 0 Å². The van der Waals surface area contributed by atoms with Crippen LogP contribution in [0.2, 0.25) is 0 Å². The number of nitrogens with one attached hydrogen (secondary N) is 1. The van der Waals surface area contributed by atoms with Crippen molar-refractivity contribution in [3.05, 3.63) is 22.5 Å². The number of aliphatic hydroxyl groups is 3. The number of rotatable bonds is 10. The van der Waals surface area contributed by atoms with Crippen LogP contribution in [0, 0.1) is 5.82 Å². The van der Waals surface area contributed by atoms with Crippen molar-refractivity contribution in [1.29, 1.82) is 0 Å². The van der Waals surface area contributed by atoms with Gasteiger partial charge in [0, 0.05) is 12.8 Å². The predicted molar refractivity (Wildman–Crippen MR) is 98.5 cm³/mol. The highest BCUT2D eigenvalue weighted by molar-refractivity contribution is 5.89. The molecule has 0 aliphatic carbocycles. The number of anilines is 1. The van der Waals surface area contributed by atoms with Crippen molar-refractivity contribution in [2.24, 2.45) is 0 Å². The summed E-state index contributed by atoms with van der Waals surface area (Å²) >= 11 is 0. The molecular formula is C18H26FN3O7. The number of hydrogen-bond donors (Lipinski definition) is 4. The molecule has 1 aliphatic rings. The summed E-state index contributed by atoms with van der Waals surface area (Å²) in [7, 11) is 0. The van der Waals surface area contributed by atoms with E-state index in [0.717, 1.165) is 17.2 Å². The first-order valence-corrected chi connectivity index (χ1v) is 9.47. The van der Waals surface area contributed by atoms with Crippen LogP contribution in [-0.2, 0) is 14.3 Å². The average Bonchev–Trinajstić information content (AvgIpc) is 2.94. The van der Waals surface area contributed by atoms with Crippen LogP contribution in [0.3, 0.4) is 0 Å². The van der Waals surface area contributed by atoms with Crippen LogP contribution in [0.1, 0.15) is 51.7 Å². The molecule has 1 aromatic rings. The number of carbonyl (C=O) groups excluding carboxylic acids is 2. The Morgan fingerprint density at radius 3 is 2.45 bits per heavy atom. The topological polar surface area (TPSA) is 151 Å². The minimum Gasteiger partial charge on any atom is -0.389 e. The van der Waals surface area contributed by atoms with Crippen LogP contribution in [0.5, 0.6) is 0 Å². The molecule has 1 fully saturated rings. The van der Waals surface area contributed by atoms with Crippen LogP contribution >= 0.6 is 0 Å². The summed E-state index contributed by atoms with van der Waals surface area (Å²) in [6, 6.07) is 0. The van der Waals surface area contributed by atoms with E-state index in [0.29, 0.717) is 25.7 Å². The van der Waals surface area contributed by atoms with Crippen molar-refractivity contribution in [3.63, 3.8) is 0 Å². The molecule has 0 aromatic carbocycles. The normalized spacial score (nSPS) is 23.9. The van der Waals surface area contributed by atoms with Crippen LogP contribution in [0.25, 0.3) is 0 Å². The summed E-state index contributed by atoms with van der Waals surface area (Å²) in [5.41, 5.74) is -0.944. The second-order valence-electron chi connectivity index (χ2n) is 7.00. The lowest BCUT2D eigenvalue weighted by Gasteiger charge is -2.17. The molecule has 1 aromatic heterocycles. The summed E-state index contributed by atoms with van der Waals surface area (Å²) in [4.78, 5) is 38.5. The van der Waals surface area contributed by atoms with Gasteiger partial charge in [0.25, 0.3) is 0 Å². The smallest absolute Gasteiger partial charge is 0.351 e. The summed E-state index contributed by atoms with van der Waals surface area (Å²) < 4.78 is 20.3. The van der Waals surface area contributed by atoms with E-state index in [2.05, 4.69) is 10.3 Å². The quantitative estimate of drug-likeness (QED) is 0.386. The van der Waals surface area contributed by atoms with Crippen LogP contribution in [-0.4, -0.2) is 61.5 Å². The zero-order valence-electron chi connectivity index (χ0n) is 16.1. The molecule has 2 heterocycles. The minimum atomic E-state index is -1.42. The lowest BCUT2D eigenvalue weighted by molar-refractivity contribution is -0.122. The first kappa shape index (κ1) is 23.1. The number of carbonyl (C=O) groups is 2. The average molecular weight is 415 g/mol. The molecule has 4 atom stereocenters. The molecule has 1 saturated heterocycles. The van der Waals surface area contributed by atoms with Crippen LogP contribution in [0.15, 0.2) is 11.0 Å². The van der Waals surface area contributed by atoms with E-state index in [1.165, 1.54) is 6.92 Å². The zero-order valence-corrected chi connectivity index (χ0v) is 16.1. The fourth-order valence-corrected chi connectivity index (χ4v) is 3.01. The Kier molecular flexibility index (Phi) is 8.38. The van der Waals surface area contributed by atoms with Crippen molar-refractivity contribution < 1.29 is 34.0 Å². The van der Waals surface area contributed by atoms with Gasteiger partial charge < -0.3 is 25.4 Å². The molecule has 0 unspecified atom stereocenters. The van der Waals surface area contributed by atoms with Crippen LogP contribution in [0.4, 0.5) is 10.2 Å². The third-order valence-corrected chi connectivity index (χ3v) is 4.70. The van der Waals surface area contributed by atoms with Gasteiger partial charge in [-0.2, -0.15) is 4.98 Å². The Hall–Kier alpha value is -2.21. The minimum absolute atomic E-state index is 0.0896. The summed E-state index contributed by atoms with van der Waals surface area (Å²) in [5, 5.41) is 30.5. The van der Waals surface area contributed by atoms with Crippen molar-refractivity contribution >= 4 is 17.5 Å². The van der Waals surface area contributed by atoms with Gasteiger partial charge in [-0.1, -0.05) is 12.8 Å². The van der Waals surface area contributed by atoms with E-state index in [-0.39, 0.29) is 12.2 Å². The number of aliphatic hydroxyl groups excluding tert-OH is 3. The lowest BCUT2D eigenvalue weighted by Crippen LogP contribution is -2.36. The van der Waals surface area contributed by atoms with Gasteiger partial charge in [0.2, 0.25) is 5.91 Å². The van der Waals surface area contributed by atoms with Gasteiger partial charge in [0.05, 0.1) is 12.3 Å². The highest BCUT2D eigenvalue weighted by Crippen LogP contribution is 2.28. The highest BCUT2D eigenvalue weighted by atomic mass is 19.1. The second-order valence-corrected chi connectivity index (χ2v) is 7.00. The third kappa shape index (κ3) is 6.13. The molecule has 10 nitrogen and oxygen atoms in total. The second kappa shape index (κ2) is 10.5. The van der Waals surface area contributed by atoms with Gasteiger partial charge >= 0.3 is 5.69 Å². The van der Waals surface area contributed by atoms with E-state index < -0.39 is 54.4 Å². The Morgan fingerprint density at radius 2 is 1.86 bits per heavy atom. The van der Waals surface area contributed by atoms with Crippen molar-refractivity contribution in [2.75, 3.05) is 11.9 Å². The first-order valence-electron chi connectivity index (χ1n) is 9.47. The molecule has 1 amide bonds. The molecule has 162 valence electrons. The number of halogens is 1. The van der Waals surface area contributed by atoms with E-state index in [4.69, 9.17) is 9.84 Å². The van der Waals surface area contributed by atoms with Crippen LogP contribution < -0.4 is 11.0 Å². The summed E-state index contributed by atoms with van der Waals surface area (Å²) in [5.74, 6) is -2.24. The number of amides is 1. The molecule has 2 rings (SSSR count). The summed E-state index contributed by atoms with van der Waals surface area (Å²) in [6.07, 6.45) is -0.988. The zero-order chi connectivity index (χ0) is 21.6. The van der Waals surface area contributed by atoms with E-state index >= 15 is 0 Å². The fraction of sp³-hybridized carbons (Fsp3) is 0.667. The molecule has 0 spiro atoms. The number of ketones is 1. The predicted octanol–water partition coefficient (Wildman–Crippen LogP) is -0.138. The molecule has 0 bridgehead atoms. The Labute approximate surface area is 166 Å². The fourth-order valence-electron chi connectivity index (χ4n) is 3.01. The van der Waals surface area contributed by atoms with Gasteiger partial charge in [0.1, 0.15) is 18.8 Å². The molecule has 0 saturated carbocycles. The Bertz CT molecular complexity index is 785. The Morgan fingerprint density at radius 1 is 1.21 bits per heavy atom. The molecule has 11 heteroatoms. The number of unbranched alkanes of at least 4 members (excludes halogenated alkanes) is 3. The monoisotopic (exact) mass is 415 g/mol. The molecular weight excluding hydrogens is 389 g/mol. The maximum absolute atomic E-state index is 14.3. The van der Waals surface area contributed by atoms with Gasteiger partial charge in [-0.3, -0.25) is 14.2 Å². The van der Waals surface area contributed by atoms with Gasteiger partial charge in [0.15, 0.2) is 23.6 Å². The standard InChI is InChI=1S/C18H26FN3O7/c1-10-14(26)15(27)17(29-10)22-8-12(19)16(21-18(22)28)20-13(25)7-5-3-2-4-6-11(24)9-23/h8,10,14-15,17,23,26-27H,2-7,9H2,1H3,(H,20,21,25,28)/t10-,14-,15-,17-/m1/s1. The highest BCUT2D eigenvalue weighted by Gasteiger charge is 2.42. The van der Waals surface area contributed by atoms with E-state index in [9.17, 15) is 29.0 Å². The number of Topliss-reactive ketones (excluding diaryl/α,β-unsaturated/α-hetero) is 1.